The highest BCUT2D eigenvalue weighted by molar-refractivity contribution is 5.75. The number of anilines is 1. The van der Waals surface area contributed by atoms with Gasteiger partial charge in [0, 0.05) is 19.4 Å². The Morgan fingerprint density at radius 3 is 2.15 bits per heavy atom. The van der Waals surface area contributed by atoms with Gasteiger partial charge in [-0.1, -0.05) is 69.2 Å². The second kappa shape index (κ2) is 13.5. The maximum Gasteiger partial charge on any atom is 0.278 e. The number of H-pyrrole nitrogens is 2. The maximum atomic E-state index is 12.1. The van der Waals surface area contributed by atoms with Crippen LogP contribution < -0.4 is 22.3 Å². The SMILES string of the molecule is NCCCCCCCCCCCC(=O)NCc1ccc(Cc2nc3nc(N)[nH]c(=O)c3[nH]2)cc1. The van der Waals surface area contributed by atoms with Crippen LogP contribution in [0.15, 0.2) is 29.1 Å². The smallest absolute Gasteiger partial charge is 0.278 e. The molecule has 0 unspecified atom stereocenters. The monoisotopic (exact) mass is 467 g/mol. The Bertz CT molecular complexity index is 1090. The lowest BCUT2D eigenvalue weighted by atomic mass is 10.1. The zero-order chi connectivity index (χ0) is 24.2. The second-order valence-corrected chi connectivity index (χ2v) is 8.82. The number of hydrogen-bond donors (Lipinski definition) is 5. The first kappa shape index (κ1) is 25.4. The Balaban J connectivity index is 1.31. The number of benzene rings is 1. The van der Waals surface area contributed by atoms with E-state index < -0.39 is 0 Å². The molecule has 0 saturated heterocycles. The van der Waals surface area contributed by atoms with Crippen molar-refractivity contribution in [3.63, 3.8) is 0 Å². The van der Waals surface area contributed by atoms with E-state index in [-0.39, 0.29) is 17.4 Å². The zero-order valence-corrected chi connectivity index (χ0v) is 19.9. The molecule has 0 saturated carbocycles. The number of carbonyl (C=O) groups excluding carboxylic acids is 1. The Hall–Kier alpha value is -3.20. The number of aromatic amines is 2. The van der Waals surface area contributed by atoms with Crippen molar-refractivity contribution in [1.29, 1.82) is 0 Å². The molecule has 7 N–H and O–H groups in total. The summed E-state index contributed by atoms with van der Waals surface area (Å²) in [6.45, 7) is 1.32. The van der Waals surface area contributed by atoms with Gasteiger partial charge in [0.1, 0.15) is 5.82 Å². The molecule has 0 bridgehead atoms. The molecule has 0 fully saturated rings. The van der Waals surface area contributed by atoms with E-state index in [0.717, 1.165) is 36.9 Å². The number of nitrogen functional groups attached to an aromatic ring is 1. The van der Waals surface area contributed by atoms with Crippen molar-refractivity contribution in [2.45, 2.75) is 77.2 Å². The third kappa shape index (κ3) is 8.30. The van der Waals surface area contributed by atoms with Crippen LogP contribution in [0.25, 0.3) is 11.2 Å². The van der Waals surface area contributed by atoms with Crippen LogP contribution in [0, 0.1) is 0 Å². The number of amides is 1. The number of aromatic nitrogens is 4. The van der Waals surface area contributed by atoms with Crippen LogP contribution in [0.2, 0.25) is 0 Å². The van der Waals surface area contributed by atoms with Crippen molar-refractivity contribution in [1.82, 2.24) is 25.3 Å². The number of carbonyl (C=O) groups is 1. The van der Waals surface area contributed by atoms with Gasteiger partial charge in [0.15, 0.2) is 11.2 Å². The van der Waals surface area contributed by atoms with Gasteiger partial charge in [-0.15, -0.1) is 0 Å². The molecule has 2 heterocycles. The van der Waals surface area contributed by atoms with Gasteiger partial charge in [0.25, 0.3) is 5.56 Å². The van der Waals surface area contributed by atoms with Gasteiger partial charge in [0.2, 0.25) is 11.9 Å². The number of rotatable bonds is 15. The minimum Gasteiger partial charge on any atom is -0.369 e. The number of fused-ring (bicyclic) bond motifs is 1. The van der Waals surface area contributed by atoms with Crippen LogP contribution in [0.4, 0.5) is 5.95 Å². The summed E-state index contributed by atoms with van der Waals surface area (Å²) in [5, 5.41) is 3.00. The molecule has 0 radical (unpaired) electrons. The topological polar surface area (TPSA) is 156 Å². The van der Waals surface area contributed by atoms with Crippen molar-refractivity contribution in [2.75, 3.05) is 12.3 Å². The van der Waals surface area contributed by atoms with Crippen LogP contribution in [0.5, 0.6) is 0 Å². The molecular formula is C25H37N7O2. The average molecular weight is 468 g/mol. The van der Waals surface area contributed by atoms with Crippen LogP contribution in [0.1, 0.15) is 81.2 Å². The lowest BCUT2D eigenvalue weighted by molar-refractivity contribution is -0.121. The maximum absolute atomic E-state index is 12.1. The van der Waals surface area contributed by atoms with E-state index in [1.165, 1.54) is 38.5 Å². The first-order chi connectivity index (χ1) is 16.5. The molecular weight excluding hydrogens is 430 g/mol. The largest absolute Gasteiger partial charge is 0.369 e. The van der Waals surface area contributed by atoms with Crippen LogP contribution in [0.3, 0.4) is 0 Å². The second-order valence-electron chi connectivity index (χ2n) is 8.82. The molecule has 1 aromatic carbocycles. The quantitative estimate of drug-likeness (QED) is 0.216. The molecule has 3 rings (SSSR count). The van der Waals surface area contributed by atoms with Gasteiger partial charge in [-0.05, 0) is 30.5 Å². The summed E-state index contributed by atoms with van der Waals surface area (Å²) >= 11 is 0. The normalized spacial score (nSPS) is 11.2. The lowest BCUT2D eigenvalue weighted by Crippen LogP contribution is -2.22. The summed E-state index contributed by atoms with van der Waals surface area (Å²) in [6, 6.07) is 7.98. The summed E-state index contributed by atoms with van der Waals surface area (Å²) < 4.78 is 0. The molecule has 0 aliphatic carbocycles. The summed E-state index contributed by atoms with van der Waals surface area (Å²) in [7, 11) is 0. The minimum atomic E-state index is -0.332. The fourth-order valence-corrected chi connectivity index (χ4v) is 3.98. The number of unbranched alkanes of at least 4 members (excludes halogenated alkanes) is 8. The fraction of sp³-hybridized carbons (Fsp3) is 0.520. The zero-order valence-electron chi connectivity index (χ0n) is 19.9. The Labute approximate surface area is 200 Å². The van der Waals surface area contributed by atoms with Gasteiger partial charge < -0.3 is 21.8 Å². The van der Waals surface area contributed by atoms with Crippen molar-refractivity contribution >= 4 is 23.0 Å². The third-order valence-electron chi connectivity index (χ3n) is 5.92. The van der Waals surface area contributed by atoms with Crippen LogP contribution in [-0.2, 0) is 17.8 Å². The van der Waals surface area contributed by atoms with Crippen molar-refractivity contribution < 1.29 is 4.79 Å². The Morgan fingerprint density at radius 2 is 1.47 bits per heavy atom. The van der Waals surface area contributed by atoms with Crippen molar-refractivity contribution in [3.05, 3.63) is 51.6 Å². The molecule has 0 aliphatic rings. The molecule has 2 aromatic heterocycles. The number of nitrogens with two attached hydrogens (primary N) is 2. The van der Waals surface area contributed by atoms with Gasteiger partial charge in [-0.2, -0.15) is 4.98 Å². The molecule has 0 spiro atoms. The molecule has 9 nitrogen and oxygen atoms in total. The van der Waals surface area contributed by atoms with E-state index in [2.05, 4.69) is 25.3 Å². The molecule has 184 valence electrons. The average Bonchev–Trinajstić information content (AvgIpc) is 3.22. The minimum absolute atomic E-state index is 0.0478. The van der Waals surface area contributed by atoms with E-state index in [4.69, 9.17) is 11.5 Å². The van der Waals surface area contributed by atoms with Crippen molar-refractivity contribution in [3.8, 4) is 0 Å². The third-order valence-corrected chi connectivity index (χ3v) is 5.92. The highest BCUT2D eigenvalue weighted by atomic mass is 16.1. The molecule has 0 aliphatic heterocycles. The van der Waals surface area contributed by atoms with E-state index >= 15 is 0 Å². The highest BCUT2D eigenvalue weighted by Gasteiger charge is 2.09. The Morgan fingerprint density at radius 1 is 0.853 bits per heavy atom. The predicted octanol–water partition coefficient (Wildman–Crippen LogP) is 3.30. The Kier molecular flexibility index (Phi) is 10.1. The summed E-state index contributed by atoms with van der Waals surface area (Å²) in [5.74, 6) is 0.794. The number of imidazole rings is 1. The lowest BCUT2D eigenvalue weighted by Gasteiger charge is -2.07. The molecule has 34 heavy (non-hydrogen) atoms. The fourth-order valence-electron chi connectivity index (χ4n) is 3.98. The van der Waals surface area contributed by atoms with E-state index in [1.54, 1.807) is 0 Å². The number of hydrogen-bond acceptors (Lipinski definition) is 6. The van der Waals surface area contributed by atoms with Gasteiger partial charge in [-0.25, -0.2) is 4.98 Å². The van der Waals surface area contributed by atoms with E-state index in [0.29, 0.717) is 36.4 Å². The molecule has 0 atom stereocenters. The van der Waals surface area contributed by atoms with Gasteiger partial charge in [0.05, 0.1) is 0 Å². The molecule has 9 heteroatoms. The first-order valence-electron chi connectivity index (χ1n) is 12.3. The van der Waals surface area contributed by atoms with Gasteiger partial charge >= 0.3 is 0 Å². The molecule has 3 aromatic rings. The first-order valence-corrected chi connectivity index (χ1v) is 12.3. The highest BCUT2D eigenvalue weighted by Crippen LogP contribution is 2.13. The number of nitrogens with one attached hydrogen (secondary N) is 3. The van der Waals surface area contributed by atoms with Crippen molar-refractivity contribution in [2.24, 2.45) is 5.73 Å². The predicted molar refractivity (Wildman–Crippen MR) is 135 cm³/mol. The summed E-state index contributed by atoms with van der Waals surface area (Å²) in [5.41, 5.74) is 13.5. The molecule has 1 amide bonds. The summed E-state index contributed by atoms with van der Waals surface area (Å²) in [6.07, 6.45) is 11.9. The van der Waals surface area contributed by atoms with Crippen LogP contribution >= 0.6 is 0 Å². The van der Waals surface area contributed by atoms with Gasteiger partial charge in [-0.3, -0.25) is 14.6 Å². The standard InChI is InChI=1S/C25H37N7O2/c26-15-9-7-5-3-1-2-4-6-8-10-21(33)28-17-19-13-11-18(12-14-19)16-20-29-22-23(30-20)31-25(27)32-24(22)34/h11-14H,1-10,15-17,26H2,(H,28,33)(H4,27,29,30,31,32,34). The van der Waals surface area contributed by atoms with E-state index in [1.807, 2.05) is 24.3 Å². The van der Waals surface area contributed by atoms with E-state index in [9.17, 15) is 9.59 Å². The summed E-state index contributed by atoms with van der Waals surface area (Å²) in [4.78, 5) is 37.9. The van der Waals surface area contributed by atoms with Crippen LogP contribution in [-0.4, -0.2) is 32.4 Å². The number of nitrogens with zero attached hydrogens (tertiary/aromatic N) is 2.